The van der Waals surface area contributed by atoms with Gasteiger partial charge in [0.25, 0.3) is 0 Å². The molecule has 1 aliphatic carbocycles. The van der Waals surface area contributed by atoms with Gasteiger partial charge in [-0.3, -0.25) is 0 Å². The van der Waals surface area contributed by atoms with Gasteiger partial charge in [-0.15, -0.1) is 0 Å². The Kier molecular flexibility index (Phi) is 2.73. The summed E-state index contributed by atoms with van der Waals surface area (Å²) in [5.74, 6) is 0.953. The number of benzene rings is 2. The maximum atomic E-state index is 6.41. The Balaban J connectivity index is 1.89. The van der Waals surface area contributed by atoms with Gasteiger partial charge in [-0.05, 0) is 24.6 Å². The predicted molar refractivity (Wildman–Crippen MR) is 86.6 cm³/mol. The molecule has 0 saturated carbocycles. The van der Waals surface area contributed by atoms with Crippen molar-refractivity contribution >= 4 is 17.2 Å². The predicted octanol–water partition coefficient (Wildman–Crippen LogP) is 4.93. The van der Waals surface area contributed by atoms with Crippen molar-refractivity contribution in [2.45, 2.75) is 18.4 Å². The van der Waals surface area contributed by atoms with Crippen LogP contribution in [0.1, 0.15) is 18.1 Å². The summed E-state index contributed by atoms with van der Waals surface area (Å²) in [7, 11) is 0. The smallest absolute Gasteiger partial charge is 0.137 e. The van der Waals surface area contributed by atoms with Crippen molar-refractivity contribution in [2.75, 3.05) is 0 Å². The van der Waals surface area contributed by atoms with Crippen LogP contribution in [0.25, 0.3) is 5.57 Å². The minimum absolute atomic E-state index is 0.0280. The first kappa shape index (κ1) is 12.7. The lowest BCUT2D eigenvalue weighted by molar-refractivity contribution is 0.237. The Morgan fingerprint density at radius 3 is 2.52 bits per heavy atom. The average Bonchev–Trinajstić information content (AvgIpc) is 2.80. The van der Waals surface area contributed by atoms with E-state index >= 15 is 0 Å². The summed E-state index contributed by atoms with van der Waals surface area (Å²) in [5, 5.41) is 0.771. The van der Waals surface area contributed by atoms with E-state index in [2.05, 4.69) is 37.3 Å². The number of para-hydroxylation sites is 1. The molecule has 104 valence electrons. The summed E-state index contributed by atoms with van der Waals surface area (Å²) >= 11 is 6.41. The number of allylic oxidation sites excluding steroid dienone is 2. The zero-order valence-electron chi connectivity index (χ0n) is 11.7. The van der Waals surface area contributed by atoms with Crippen LogP contribution >= 0.6 is 11.6 Å². The number of hydrogen-bond donors (Lipinski definition) is 0. The molecule has 1 nitrogen and oxygen atoms in total. The number of ether oxygens (including phenoxy) is 1. The highest BCUT2D eigenvalue weighted by Gasteiger charge is 2.47. The molecular weight excluding hydrogens is 280 g/mol. The van der Waals surface area contributed by atoms with E-state index in [9.17, 15) is 0 Å². The first-order chi connectivity index (χ1) is 10.2. The molecule has 21 heavy (non-hydrogen) atoms. The second-order valence-electron chi connectivity index (χ2n) is 5.77. The molecule has 0 N–H and O–H groups in total. The molecule has 0 saturated heterocycles. The third-order valence-electron chi connectivity index (χ3n) is 4.38. The molecular formula is C19H15ClO. The van der Waals surface area contributed by atoms with Gasteiger partial charge >= 0.3 is 0 Å². The van der Waals surface area contributed by atoms with Gasteiger partial charge in [0.1, 0.15) is 11.9 Å². The summed E-state index contributed by atoms with van der Waals surface area (Å²) in [6, 6.07) is 18.5. The van der Waals surface area contributed by atoms with Crippen LogP contribution in [0.15, 0.2) is 71.8 Å². The first-order valence-corrected chi connectivity index (χ1v) is 7.48. The molecule has 0 fully saturated rings. The monoisotopic (exact) mass is 294 g/mol. The Hall–Kier alpha value is -1.99. The number of rotatable bonds is 1. The van der Waals surface area contributed by atoms with Crippen LogP contribution in [-0.4, -0.2) is 6.10 Å². The van der Waals surface area contributed by atoms with Gasteiger partial charge in [0.15, 0.2) is 0 Å². The highest BCUT2D eigenvalue weighted by atomic mass is 35.5. The van der Waals surface area contributed by atoms with Crippen molar-refractivity contribution in [3.8, 4) is 5.75 Å². The Morgan fingerprint density at radius 2 is 1.71 bits per heavy atom. The molecule has 0 bridgehead atoms. The van der Waals surface area contributed by atoms with Crippen molar-refractivity contribution in [3.05, 3.63) is 82.9 Å². The third kappa shape index (κ3) is 1.85. The molecule has 2 aromatic rings. The fraction of sp³-hybridized carbons (Fsp3) is 0.158. The zero-order chi connectivity index (χ0) is 14.4. The van der Waals surface area contributed by atoms with E-state index in [0.29, 0.717) is 0 Å². The van der Waals surface area contributed by atoms with Gasteiger partial charge in [-0.25, -0.2) is 0 Å². The fourth-order valence-electron chi connectivity index (χ4n) is 3.36. The number of fused-ring (bicyclic) bond motifs is 3. The molecule has 2 unspecified atom stereocenters. The van der Waals surface area contributed by atoms with Crippen LogP contribution in [0.5, 0.6) is 5.75 Å². The standard InChI is InChI=1S/C19H15ClO/c1-19-12-14(20)11-15(13-7-3-2-4-8-13)18(19)21-17-10-6-5-9-16(17)19/h2-12,18H,1H3. The van der Waals surface area contributed by atoms with E-state index in [0.717, 1.165) is 21.9 Å². The van der Waals surface area contributed by atoms with Gasteiger partial charge in [0, 0.05) is 16.2 Å². The molecule has 2 heteroatoms. The lowest BCUT2D eigenvalue weighted by Crippen LogP contribution is -2.36. The van der Waals surface area contributed by atoms with Crippen LogP contribution < -0.4 is 4.74 Å². The van der Waals surface area contributed by atoms with E-state index in [4.69, 9.17) is 16.3 Å². The van der Waals surface area contributed by atoms with Crippen LogP contribution in [0.2, 0.25) is 0 Å². The van der Waals surface area contributed by atoms with Crippen LogP contribution in [0.4, 0.5) is 0 Å². The quantitative estimate of drug-likeness (QED) is 0.725. The highest BCUT2D eigenvalue weighted by molar-refractivity contribution is 6.32. The van der Waals surface area contributed by atoms with Gasteiger partial charge < -0.3 is 4.74 Å². The summed E-state index contributed by atoms with van der Waals surface area (Å²) in [6.07, 6.45) is 4.10. The SMILES string of the molecule is CC12C=C(Cl)C=C(c3ccccc3)C1Oc1ccccc12. The molecule has 2 atom stereocenters. The largest absolute Gasteiger partial charge is 0.484 e. The molecule has 0 spiro atoms. The lowest BCUT2D eigenvalue weighted by Gasteiger charge is -2.32. The number of halogens is 1. The summed E-state index contributed by atoms with van der Waals surface area (Å²) in [5.41, 5.74) is 3.29. The molecule has 1 aliphatic heterocycles. The zero-order valence-corrected chi connectivity index (χ0v) is 12.5. The van der Waals surface area contributed by atoms with Gasteiger partial charge in [-0.1, -0.05) is 66.2 Å². The van der Waals surface area contributed by atoms with Gasteiger partial charge in [-0.2, -0.15) is 0 Å². The van der Waals surface area contributed by atoms with E-state index in [-0.39, 0.29) is 11.5 Å². The van der Waals surface area contributed by atoms with E-state index in [1.165, 1.54) is 5.56 Å². The summed E-state index contributed by atoms with van der Waals surface area (Å²) < 4.78 is 6.26. The number of hydrogen-bond acceptors (Lipinski definition) is 1. The van der Waals surface area contributed by atoms with E-state index < -0.39 is 0 Å². The first-order valence-electron chi connectivity index (χ1n) is 7.10. The molecule has 4 rings (SSSR count). The van der Waals surface area contributed by atoms with Crippen LogP contribution in [-0.2, 0) is 5.41 Å². The van der Waals surface area contributed by atoms with Crippen molar-refractivity contribution in [1.29, 1.82) is 0 Å². The molecule has 0 amide bonds. The molecule has 0 radical (unpaired) electrons. The Labute approximate surface area is 129 Å². The van der Waals surface area contributed by atoms with Crippen LogP contribution in [0.3, 0.4) is 0 Å². The summed E-state index contributed by atoms with van der Waals surface area (Å²) in [4.78, 5) is 0. The topological polar surface area (TPSA) is 9.23 Å². The van der Waals surface area contributed by atoms with E-state index in [1.807, 2.05) is 36.4 Å². The maximum Gasteiger partial charge on any atom is 0.137 e. The van der Waals surface area contributed by atoms with E-state index in [1.54, 1.807) is 0 Å². The molecule has 0 aromatic heterocycles. The maximum absolute atomic E-state index is 6.41. The third-order valence-corrected chi connectivity index (χ3v) is 4.60. The lowest BCUT2D eigenvalue weighted by atomic mass is 9.72. The van der Waals surface area contributed by atoms with Crippen molar-refractivity contribution in [2.24, 2.45) is 0 Å². The van der Waals surface area contributed by atoms with Gasteiger partial charge in [0.2, 0.25) is 0 Å². The normalized spacial score (nSPS) is 26.3. The molecule has 2 aromatic carbocycles. The average molecular weight is 295 g/mol. The minimum Gasteiger partial charge on any atom is -0.484 e. The Bertz CT molecular complexity index is 760. The molecule has 1 heterocycles. The van der Waals surface area contributed by atoms with Crippen molar-refractivity contribution in [3.63, 3.8) is 0 Å². The van der Waals surface area contributed by atoms with Gasteiger partial charge in [0.05, 0.1) is 5.41 Å². The summed E-state index contributed by atoms with van der Waals surface area (Å²) in [6.45, 7) is 2.20. The second kappa shape index (κ2) is 4.51. The fourth-order valence-corrected chi connectivity index (χ4v) is 3.71. The molecule has 2 aliphatic rings. The second-order valence-corrected chi connectivity index (χ2v) is 6.21. The van der Waals surface area contributed by atoms with Crippen molar-refractivity contribution in [1.82, 2.24) is 0 Å². The highest BCUT2D eigenvalue weighted by Crippen LogP contribution is 2.51. The minimum atomic E-state index is -0.215. The van der Waals surface area contributed by atoms with Crippen LogP contribution in [0, 0.1) is 0 Å². The Morgan fingerprint density at radius 1 is 1.00 bits per heavy atom. The van der Waals surface area contributed by atoms with Crippen molar-refractivity contribution < 1.29 is 4.74 Å².